The first-order valence-electron chi connectivity index (χ1n) is 10.5. The third-order valence-corrected chi connectivity index (χ3v) is 5.67. The molecule has 2 aliphatic rings. The van der Waals surface area contributed by atoms with Crippen molar-refractivity contribution in [1.82, 2.24) is 15.2 Å². The second kappa shape index (κ2) is 9.29. The van der Waals surface area contributed by atoms with Crippen LogP contribution in [-0.4, -0.2) is 66.4 Å². The number of nitrogens with zero attached hydrogens (tertiary/aromatic N) is 3. The standard InChI is InChI=1S/C22H21F3N4O5/c1-13(16-6-7-26-12-17(16)19(30)28-8-10-33-11-9-28)18-20(31)29(21(32)27-18)14-2-4-15(5-3-14)34-22(23,24)25/h2-7,12-13,18H,8-11H2,1H3,(H,27,32). The predicted octanol–water partition coefficient (Wildman–Crippen LogP) is 2.68. The van der Waals surface area contributed by atoms with Crippen molar-refractivity contribution < 1.29 is 37.0 Å². The number of nitrogens with one attached hydrogen (secondary N) is 1. The minimum absolute atomic E-state index is 0.0890. The third kappa shape index (κ3) is 4.81. The molecule has 0 spiro atoms. The van der Waals surface area contributed by atoms with E-state index in [1.807, 2.05) is 0 Å². The summed E-state index contributed by atoms with van der Waals surface area (Å²) in [6.07, 6.45) is -1.92. The van der Waals surface area contributed by atoms with E-state index >= 15 is 0 Å². The van der Waals surface area contributed by atoms with Gasteiger partial charge in [-0.3, -0.25) is 14.6 Å². The molecule has 0 bridgehead atoms. The van der Waals surface area contributed by atoms with Crippen molar-refractivity contribution in [1.29, 1.82) is 0 Å². The number of anilines is 1. The average molecular weight is 478 g/mol. The van der Waals surface area contributed by atoms with Crippen LogP contribution in [0.5, 0.6) is 5.75 Å². The Hall–Kier alpha value is -3.67. The monoisotopic (exact) mass is 478 g/mol. The Morgan fingerprint density at radius 2 is 1.85 bits per heavy atom. The van der Waals surface area contributed by atoms with E-state index < -0.39 is 36.0 Å². The quantitative estimate of drug-likeness (QED) is 0.664. The Morgan fingerprint density at radius 1 is 1.18 bits per heavy atom. The number of pyridine rings is 1. The Kier molecular flexibility index (Phi) is 6.42. The zero-order valence-corrected chi connectivity index (χ0v) is 18.0. The van der Waals surface area contributed by atoms with E-state index in [4.69, 9.17) is 4.74 Å². The number of carbonyl (C=O) groups excluding carboxylic acids is 3. The van der Waals surface area contributed by atoms with Crippen LogP contribution in [0.1, 0.15) is 28.8 Å². The topological polar surface area (TPSA) is 101 Å². The van der Waals surface area contributed by atoms with Gasteiger partial charge in [0, 0.05) is 31.4 Å². The lowest BCUT2D eigenvalue weighted by atomic mass is 9.90. The first kappa shape index (κ1) is 23.5. The number of aromatic nitrogens is 1. The molecule has 2 aromatic rings. The van der Waals surface area contributed by atoms with Gasteiger partial charge in [0.2, 0.25) is 0 Å². The molecule has 0 saturated carbocycles. The molecule has 9 nitrogen and oxygen atoms in total. The van der Waals surface area contributed by atoms with E-state index in [1.54, 1.807) is 17.9 Å². The van der Waals surface area contributed by atoms with Gasteiger partial charge >= 0.3 is 12.4 Å². The van der Waals surface area contributed by atoms with Gasteiger partial charge in [0.15, 0.2) is 0 Å². The van der Waals surface area contributed by atoms with Gasteiger partial charge in [0.05, 0.1) is 24.5 Å². The van der Waals surface area contributed by atoms with E-state index in [0.717, 1.165) is 17.0 Å². The molecule has 2 fully saturated rings. The second-order valence-electron chi connectivity index (χ2n) is 7.80. The van der Waals surface area contributed by atoms with E-state index in [1.165, 1.54) is 24.5 Å². The van der Waals surface area contributed by atoms with Gasteiger partial charge < -0.3 is 19.7 Å². The fraction of sp³-hybridized carbons (Fsp3) is 0.364. The molecule has 2 aliphatic heterocycles. The zero-order valence-electron chi connectivity index (χ0n) is 18.0. The molecular weight excluding hydrogens is 457 g/mol. The van der Waals surface area contributed by atoms with Crippen LogP contribution >= 0.6 is 0 Å². The molecule has 3 heterocycles. The van der Waals surface area contributed by atoms with Crippen LogP contribution in [-0.2, 0) is 9.53 Å². The number of carbonyl (C=O) groups is 3. The van der Waals surface area contributed by atoms with E-state index in [-0.39, 0.29) is 11.6 Å². The molecule has 0 aliphatic carbocycles. The minimum Gasteiger partial charge on any atom is -0.406 e. The Morgan fingerprint density at radius 3 is 2.50 bits per heavy atom. The lowest BCUT2D eigenvalue weighted by Gasteiger charge is -2.28. The molecule has 1 aromatic carbocycles. The van der Waals surface area contributed by atoms with E-state index in [0.29, 0.717) is 37.4 Å². The second-order valence-corrected chi connectivity index (χ2v) is 7.80. The maximum atomic E-state index is 13.1. The first-order chi connectivity index (χ1) is 16.2. The van der Waals surface area contributed by atoms with Crippen LogP contribution in [0.4, 0.5) is 23.7 Å². The third-order valence-electron chi connectivity index (χ3n) is 5.67. The summed E-state index contributed by atoms with van der Waals surface area (Å²) in [5.41, 5.74) is 0.957. The van der Waals surface area contributed by atoms with Gasteiger partial charge in [-0.1, -0.05) is 6.92 Å². The zero-order chi connectivity index (χ0) is 24.5. The molecule has 1 N–H and O–H groups in total. The number of halogens is 3. The molecule has 180 valence electrons. The Bertz CT molecular complexity index is 1090. The van der Waals surface area contributed by atoms with Crippen molar-refractivity contribution in [2.75, 3.05) is 31.2 Å². The number of amides is 4. The summed E-state index contributed by atoms with van der Waals surface area (Å²) < 4.78 is 46.3. The molecule has 4 rings (SSSR count). The normalized spacial score (nSPS) is 19.7. The SMILES string of the molecule is CC(c1ccncc1C(=O)N1CCOCC1)C1NC(=O)N(c2ccc(OC(F)(F)F)cc2)C1=O. The van der Waals surface area contributed by atoms with Gasteiger partial charge in [0.1, 0.15) is 11.8 Å². The maximum absolute atomic E-state index is 13.1. The van der Waals surface area contributed by atoms with Gasteiger partial charge in [-0.2, -0.15) is 0 Å². The summed E-state index contributed by atoms with van der Waals surface area (Å²) in [5, 5.41) is 2.61. The minimum atomic E-state index is -4.86. The van der Waals surface area contributed by atoms with Crippen LogP contribution in [0.15, 0.2) is 42.7 Å². The smallest absolute Gasteiger partial charge is 0.406 e. The van der Waals surface area contributed by atoms with Crippen molar-refractivity contribution in [3.8, 4) is 5.75 Å². The summed E-state index contributed by atoms with van der Waals surface area (Å²) in [6.45, 7) is 3.43. The number of ether oxygens (including phenoxy) is 2. The van der Waals surface area contributed by atoms with Crippen LogP contribution in [0.2, 0.25) is 0 Å². The number of morpholine rings is 1. The van der Waals surface area contributed by atoms with Crippen LogP contribution in [0, 0.1) is 0 Å². The molecular formula is C22H21F3N4O5. The van der Waals surface area contributed by atoms with Gasteiger partial charge in [0.25, 0.3) is 11.8 Å². The van der Waals surface area contributed by atoms with Crippen molar-refractivity contribution in [3.05, 3.63) is 53.9 Å². The highest BCUT2D eigenvalue weighted by atomic mass is 19.4. The number of urea groups is 1. The lowest BCUT2D eigenvalue weighted by Crippen LogP contribution is -2.42. The van der Waals surface area contributed by atoms with Crippen molar-refractivity contribution in [2.24, 2.45) is 0 Å². The largest absolute Gasteiger partial charge is 0.573 e. The van der Waals surface area contributed by atoms with Gasteiger partial charge in [-0.25, -0.2) is 9.69 Å². The number of alkyl halides is 3. The Labute approximate surface area is 192 Å². The maximum Gasteiger partial charge on any atom is 0.573 e. The highest BCUT2D eigenvalue weighted by molar-refractivity contribution is 6.21. The summed E-state index contributed by atoms with van der Waals surface area (Å²) in [6, 6.07) is 4.32. The lowest BCUT2D eigenvalue weighted by molar-refractivity contribution is -0.274. The highest BCUT2D eigenvalue weighted by Gasteiger charge is 2.43. The van der Waals surface area contributed by atoms with Crippen LogP contribution in [0.3, 0.4) is 0 Å². The van der Waals surface area contributed by atoms with E-state index in [2.05, 4.69) is 15.0 Å². The number of rotatable bonds is 5. The van der Waals surface area contributed by atoms with E-state index in [9.17, 15) is 27.6 Å². The summed E-state index contributed by atoms with van der Waals surface area (Å²) in [7, 11) is 0. The summed E-state index contributed by atoms with van der Waals surface area (Å²) in [4.78, 5) is 45.3. The molecule has 4 amide bonds. The molecule has 2 atom stereocenters. The number of hydrogen-bond donors (Lipinski definition) is 1. The Balaban J connectivity index is 1.54. The fourth-order valence-electron chi connectivity index (χ4n) is 3.98. The molecule has 2 saturated heterocycles. The first-order valence-corrected chi connectivity index (χ1v) is 10.5. The van der Waals surface area contributed by atoms with Crippen molar-refractivity contribution >= 4 is 23.5 Å². The molecule has 1 aromatic heterocycles. The van der Waals surface area contributed by atoms with Crippen LogP contribution < -0.4 is 15.0 Å². The molecule has 34 heavy (non-hydrogen) atoms. The summed E-state index contributed by atoms with van der Waals surface area (Å²) >= 11 is 0. The predicted molar refractivity (Wildman–Crippen MR) is 112 cm³/mol. The van der Waals surface area contributed by atoms with Crippen LogP contribution in [0.25, 0.3) is 0 Å². The number of benzene rings is 1. The molecule has 0 radical (unpaired) electrons. The highest BCUT2D eigenvalue weighted by Crippen LogP contribution is 2.31. The number of imide groups is 1. The van der Waals surface area contributed by atoms with Crippen molar-refractivity contribution in [3.63, 3.8) is 0 Å². The molecule has 2 unspecified atom stereocenters. The van der Waals surface area contributed by atoms with Crippen molar-refractivity contribution in [2.45, 2.75) is 25.2 Å². The number of hydrogen-bond acceptors (Lipinski definition) is 6. The summed E-state index contributed by atoms with van der Waals surface area (Å²) in [5.74, 6) is -1.90. The van der Waals surface area contributed by atoms with Gasteiger partial charge in [-0.05, 0) is 35.9 Å². The van der Waals surface area contributed by atoms with Gasteiger partial charge in [-0.15, -0.1) is 13.2 Å². The fourth-order valence-corrected chi connectivity index (χ4v) is 3.98. The average Bonchev–Trinajstić information content (AvgIpc) is 3.12. The molecule has 12 heteroatoms.